The van der Waals surface area contributed by atoms with Crippen molar-refractivity contribution in [3.63, 3.8) is 0 Å². The van der Waals surface area contributed by atoms with Gasteiger partial charge in [0.25, 0.3) is 0 Å². The summed E-state index contributed by atoms with van der Waals surface area (Å²) in [7, 11) is -3.32. The van der Waals surface area contributed by atoms with E-state index < -0.39 is 26.9 Å². The predicted molar refractivity (Wildman–Crippen MR) is 99.4 cm³/mol. The summed E-state index contributed by atoms with van der Waals surface area (Å²) in [5.41, 5.74) is 2.25. The summed E-state index contributed by atoms with van der Waals surface area (Å²) in [6.45, 7) is 3.33. The first kappa shape index (κ1) is 19.0. The van der Waals surface area contributed by atoms with Crippen LogP contribution in [-0.4, -0.2) is 19.7 Å². The second kappa shape index (κ2) is 7.45. The quantitative estimate of drug-likeness (QED) is 0.826. The van der Waals surface area contributed by atoms with Gasteiger partial charge in [0.2, 0.25) is 10.0 Å². The van der Waals surface area contributed by atoms with Gasteiger partial charge in [-0.05, 0) is 55.5 Å². The van der Waals surface area contributed by atoms with Crippen molar-refractivity contribution in [1.29, 1.82) is 0 Å². The molecular weight excluding hydrogens is 356 g/mol. The molecule has 1 aliphatic rings. The first-order valence-electron chi connectivity index (χ1n) is 8.84. The van der Waals surface area contributed by atoms with E-state index >= 15 is 0 Å². The minimum Gasteiger partial charge on any atom is -0.212 e. The van der Waals surface area contributed by atoms with Gasteiger partial charge >= 0.3 is 0 Å². The maximum Gasteiger partial charge on any atom is 0.214 e. The van der Waals surface area contributed by atoms with Crippen LogP contribution in [0.4, 0.5) is 8.78 Å². The number of benzene rings is 2. The topological polar surface area (TPSA) is 46.2 Å². The van der Waals surface area contributed by atoms with Crippen molar-refractivity contribution >= 4 is 10.0 Å². The average molecular weight is 379 g/mol. The lowest BCUT2D eigenvalue weighted by Gasteiger charge is -2.23. The van der Waals surface area contributed by atoms with Gasteiger partial charge in [-0.25, -0.2) is 21.9 Å². The first-order chi connectivity index (χ1) is 12.3. The van der Waals surface area contributed by atoms with Crippen molar-refractivity contribution in [3.8, 4) is 11.1 Å². The number of sulfonamides is 1. The van der Waals surface area contributed by atoms with Gasteiger partial charge in [0.05, 0.1) is 5.25 Å². The monoisotopic (exact) mass is 379 g/mol. The van der Waals surface area contributed by atoms with E-state index in [2.05, 4.69) is 4.72 Å². The molecule has 0 spiro atoms. The normalized spacial score (nSPS) is 20.7. The van der Waals surface area contributed by atoms with Crippen molar-refractivity contribution < 1.29 is 17.2 Å². The molecule has 3 nitrogen and oxygen atoms in total. The Kier molecular flexibility index (Phi) is 5.44. The molecule has 0 saturated heterocycles. The molecule has 0 aliphatic heterocycles. The molecular formula is C20H23F2NO2S. The molecule has 0 unspecified atom stereocenters. The van der Waals surface area contributed by atoms with Gasteiger partial charge in [-0.2, -0.15) is 0 Å². The second-order valence-corrected chi connectivity index (χ2v) is 9.40. The summed E-state index contributed by atoms with van der Waals surface area (Å²) in [6, 6.07) is 10.8. The molecule has 26 heavy (non-hydrogen) atoms. The maximum atomic E-state index is 13.4. The predicted octanol–water partition coefficient (Wildman–Crippen LogP) is 4.60. The molecule has 0 aromatic heterocycles. The van der Waals surface area contributed by atoms with Gasteiger partial charge in [-0.3, -0.25) is 0 Å². The van der Waals surface area contributed by atoms with Crippen LogP contribution >= 0.6 is 0 Å². The Bertz CT molecular complexity index is 859. The van der Waals surface area contributed by atoms with E-state index in [1.165, 1.54) is 12.1 Å². The molecule has 1 N–H and O–H groups in total. The third kappa shape index (κ3) is 4.13. The van der Waals surface area contributed by atoms with Gasteiger partial charge in [0.15, 0.2) is 0 Å². The van der Waals surface area contributed by atoms with E-state index in [0.29, 0.717) is 5.56 Å². The smallest absolute Gasteiger partial charge is 0.212 e. The molecule has 3 rings (SSSR count). The third-order valence-corrected chi connectivity index (χ3v) is 6.86. The molecule has 0 bridgehead atoms. The zero-order valence-electron chi connectivity index (χ0n) is 14.9. The van der Waals surface area contributed by atoms with Crippen molar-refractivity contribution in [2.24, 2.45) is 0 Å². The molecule has 1 aliphatic carbocycles. The summed E-state index contributed by atoms with van der Waals surface area (Å²) < 4.78 is 54.0. The fraction of sp³-hybridized carbons (Fsp3) is 0.400. The molecule has 1 saturated carbocycles. The largest absolute Gasteiger partial charge is 0.214 e. The fourth-order valence-electron chi connectivity index (χ4n) is 3.49. The summed E-state index contributed by atoms with van der Waals surface area (Å²) in [5, 5.41) is -0.464. The first-order valence-corrected chi connectivity index (χ1v) is 10.4. The molecule has 1 fully saturated rings. The van der Waals surface area contributed by atoms with Crippen LogP contribution in [0.2, 0.25) is 0 Å². The number of hydrogen-bond donors (Lipinski definition) is 1. The van der Waals surface area contributed by atoms with Crippen LogP contribution in [0.5, 0.6) is 0 Å². The zero-order valence-corrected chi connectivity index (χ0v) is 15.7. The van der Waals surface area contributed by atoms with E-state index in [-0.39, 0.29) is 12.0 Å². The Balaban J connectivity index is 1.81. The second-order valence-electron chi connectivity index (χ2n) is 7.14. The van der Waals surface area contributed by atoms with Gasteiger partial charge in [-0.1, -0.05) is 30.7 Å². The summed E-state index contributed by atoms with van der Waals surface area (Å²) in [4.78, 5) is 0. The molecule has 0 radical (unpaired) electrons. The SMILES string of the molecule is CC(C)S(=O)(=O)N[C@@H]1CCC[C@@H]1c1ccc(-c2cc(F)cc(F)c2)cc1. The fourth-order valence-corrected chi connectivity index (χ4v) is 4.47. The van der Waals surface area contributed by atoms with E-state index in [4.69, 9.17) is 0 Å². The number of rotatable bonds is 5. The van der Waals surface area contributed by atoms with Gasteiger partial charge in [-0.15, -0.1) is 0 Å². The molecule has 140 valence electrons. The highest BCUT2D eigenvalue weighted by Gasteiger charge is 2.32. The van der Waals surface area contributed by atoms with E-state index in [0.717, 1.165) is 36.5 Å². The van der Waals surface area contributed by atoms with E-state index in [1.807, 2.05) is 24.3 Å². The minimum atomic E-state index is -3.32. The zero-order chi connectivity index (χ0) is 18.9. The van der Waals surface area contributed by atoms with Crippen molar-refractivity contribution in [3.05, 3.63) is 59.7 Å². The summed E-state index contributed by atoms with van der Waals surface area (Å²) >= 11 is 0. The molecule has 2 aromatic rings. The Hall–Kier alpha value is -1.79. The average Bonchev–Trinajstić information content (AvgIpc) is 3.01. The van der Waals surface area contributed by atoms with Crippen LogP contribution in [0, 0.1) is 11.6 Å². The van der Waals surface area contributed by atoms with Crippen molar-refractivity contribution in [2.45, 2.75) is 50.3 Å². The van der Waals surface area contributed by atoms with Crippen LogP contribution in [0.3, 0.4) is 0 Å². The number of nitrogens with one attached hydrogen (secondary N) is 1. The molecule has 6 heteroatoms. The standard InChI is InChI=1S/C20H23F2NO2S/c1-13(2)26(24,25)23-20-5-3-4-19(20)15-8-6-14(7-9-15)16-10-17(21)12-18(22)11-16/h6-13,19-20,23H,3-5H2,1-2H3/t19-,20-/m1/s1. The van der Waals surface area contributed by atoms with Gasteiger partial charge in [0, 0.05) is 18.0 Å². The summed E-state index contributed by atoms with van der Waals surface area (Å²) in [5.74, 6) is -1.10. The van der Waals surface area contributed by atoms with Crippen LogP contribution in [-0.2, 0) is 10.0 Å². The molecule has 2 atom stereocenters. The van der Waals surface area contributed by atoms with Crippen molar-refractivity contribution in [2.75, 3.05) is 0 Å². The third-order valence-electron chi connectivity index (χ3n) is 4.99. The van der Waals surface area contributed by atoms with Crippen LogP contribution in [0.1, 0.15) is 44.6 Å². The van der Waals surface area contributed by atoms with Crippen LogP contribution < -0.4 is 4.72 Å². The lowest BCUT2D eigenvalue weighted by Crippen LogP contribution is -2.40. The molecule has 0 heterocycles. The Morgan fingerprint density at radius 1 is 0.962 bits per heavy atom. The number of halogens is 2. The van der Waals surface area contributed by atoms with E-state index in [9.17, 15) is 17.2 Å². The highest BCUT2D eigenvalue weighted by Crippen LogP contribution is 2.36. The lowest BCUT2D eigenvalue weighted by atomic mass is 9.93. The minimum absolute atomic E-state index is 0.111. The Morgan fingerprint density at radius 2 is 1.58 bits per heavy atom. The van der Waals surface area contributed by atoms with Crippen molar-refractivity contribution in [1.82, 2.24) is 4.72 Å². The van der Waals surface area contributed by atoms with Gasteiger partial charge < -0.3 is 0 Å². The summed E-state index contributed by atoms with van der Waals surface area (Å²) in [6.07, 6.45) is 2.69. The Labute approximate surface area is 153 Å². The molecule has 2 aromatic carbocycles. The molecule has 0 amide bonds. The number of hydrogen-bond acceptors (Lipinski definition) is 2. The lowest BCUT2D eigenvalue weighted by molar-refractivity contribution is 0.519. The highest BCUT2D eigenvalue weighted by molar-refractivity contribution is 7.90. The van der Waals surface area contributed by atoms with Gasteiger partial charge in [0.1, 0.15) is 11.6 Å². The van der Waals surface area contributed by atoms with E-state index in [1.54, 1.807) is 13.8 Å². The maximum absolute atomic E-state index is 13.4. The highest BCUT2D eigenvalue weighted by atomic mass is 32.2. The Morgan fingerprint density at radius 3 is 2.15 bits per heavy atom. The van der Waals surface area contributed by atoms with Crippen LogP contribution in [0.25, 0.3) is 11.1 Å². The van der Waals surface area contributed by atoms with Crippen LogP contribution in [0.15, 0.2) is 42.5 Å².